The van der Waals surface area contributed by atoms with Crippen molar-refractivity contribution in [2.75, 3.05) is 0 Å². The van der Waals surface area contributed by atoms with Gasteiger partial charge < -0.3 is 5.32 Å². The first-order valence-electron chi connectivity index (χ1n) is 6.51. The van der Waals surface area contributed by atoms with Gasteiger partial charge in [0.05, 0.1) is 5.69 Å². The van der Waals surface area contributed by atoms with Crippen molar-refractivity contribution in [2.24, 2.45) is 5.92 Å². The van der Waals surface area contributed by atoms with Gasteiger partial charge in [0, 0.05) is 24.2 Å². The van der Waals surface area contributed by atoms with E-state index in [1.54, 1.807) is 0 Å². The summed E-state index contributed by atoms with van der Waals surface area (Å²) in [5, 5.41) is 3.47. The number of rotatable bonds is 4. The SMILES string of the molecule is Cc1cc(CNC(C)(C)C)nc(CC2CC2)n1. The van der Waals surface area contributed by atoms with E-state index in [0.29, 0.717) is 0 Å². The topological polar surface area (TPSA) is 37.8 Å². The van der Waals surface area contributed by atoms with Crippen LogP contribution in [0.1, 0.15) is 50.8 Å². The standard InChI is InChI=1S/C14H23N3/c1-10-7-12(9-15-14(2,3)4)17-13(16-10)8-11-5-6-11/h7,11,15H,5-6,8-9H2,1-4H3. The molecule has 94 valence electrons. The van der Waals surface area contributed by atoms with Crippen molar-refractivity contribution in [3.8, 4) is 0 Å². The summed E-state index contributed by atoms with van der Waals surface area (Å²) in [4.78, 5) is 9.16. The van der Waals surface area contributed by atoms with Crippen molar-refractivity contribution in [3.05, 3.63) is 23.3 Å². The number of aryl methyl sites for hydroxylation is 1. The van der Waals surface area contributed by atoms with E-state index in [1.807, 2.05) is 0 Å². The van der Waals surface area contributed by atoms with E-state index in [1.165, 1.54) is 12.8 Å². The Labute approximate surface area is 104 Å². The minimum Gasteiger partial charge on any atom is -0.306 e. The molecule has 1 aliphatic carbocycles. The molecule has 1 fully saturated rings. The summed E-state index contributed by atoms with van der Waals surface area (Å²) in [6.45, 7) is 9.40. The van der Waals surface area contributed by atoms with Crippen LogP contribution in [-0.4, -0.2) is 15.5 Å². The normalized spacial score (nSPS) is 16.2. The van der Waals surface area contributed by atoms with Crippen LogP contribution in [0.4, 0.5) is 0 Å². The first kappa shape index (κ1) is 12.5. The highest BCUT2D eigenvalue weighted by molar-refractivity contribution is 5.11. The van der Waals surface area contributed by atoms with Crippen molar-refractivity contribution >= 4 is 0 Å². The summed E-state index contributed by atoms with van der Waals surface area (Å²) in [7, 11) is 0. The van der Waals surface area contributed by atoms with Crippen molar-refractivity contribution in [1.82, 2.24) is 15.3 Å². The number of nitrogens with one attached hydrogen (secondary N) is 1. The molecule has 0 amide bonds. The fourth-order valence-electron chi connectivity index (χ4n) is 1.82. The van der Waals surface area contributed by atoms with Crippen molar-refractivity contribution in [2.45, 2.75) is 59.0 Å². The Bertz CT molecular complexity index is 389. The van der Waals surface area contributed by atoms with Gasteiger partial charge in [0.15, 0.2) is 0 Å². The zero-order valence-electron chi connectivity index (χ0n) is 11.4. The maximum atomic E-state index is 4.64. The predicted molar refractivity (Wildman–Crippen MR) is 69.8 cm³/mol. The maximum absolute atomic E-state index is 4.64. The van der Waals surface area contributed by atoms with Gasteiger partial charge in [-0.2, -0.15) is 0 Å². The lowest BCUT2D eigenvalue weighted by Crippen LogP contribution is -2.35. The lowest BCUT2D eigenvalue weighted by Gasteiger charge is -2.20. The zero-order valence-corrected chi connectivity index (χ0v) is 11.4. The van der Waals surface area contributed by atoms with Gasteiger partial charge in [-0.1, -0.05) is 0 Å². The molecular weight excluding hydrogens is 210 g/mol. The fraction of sp³-hybridized carbons (Fsp3) is 0.714. The summed E-state index contributed by atoms with van der Waals surface area (Å²) < 4.78 is 0. The van der Waals surface area contributed by atoms with Crippen LogP contribution in [0.25, 0.3) is 0 Å². The summed E-state index contributed by atoms with van der Waals surface area (Å²) >= 11 is 0. The fourth-order valence-corrected chi connectivity index (χ4v) is 1.82. The number of nitrogens with zero attached hydrogens (tertiary/aromatic N) is 2. The monoisotopic (exact) mass is 233 g/mol. The molecule has 1 aromatic rings. The quantitative estimate of drug-likeness (QED) is 0.868. The Morgan fingerprint density at radius 2 is 2.00 bits per heavy atom. The number of hydrogen-bond donors (Lipinski definition) is 1. The second-order valence-electron chi connectivity index (χ2n) is 6.17. The Hall–Kier alpha value is -0.960. The molecule has 0 aliphatic heterocycles. The first-order chi connectivity index (χ1) is 7.92. The molecule has 17 heavy (non-hydrogen) atoms. The van der Waals surface area contributed by atoms with Crippen molar-refractivity contribution < 1.29 is 0 Å². The molecule has 0 aromatic carbocycles. The van der Waals surface area contributed by atoms with E-state index < -0.39 is 0 Å². The van der Waals surface area contributed by atoms with E-state index in [4.69, 9.17) is 0 Å². The Morgan fingerprint density at radius 1 is 1.29 bits per heavy atom. The molecule has 0 bridgehead atoms. The van der Waals surface area contributed by atoms with Gasteiger partial charge >= 0.3 is 0 Å². The lowest BCUT2D eigenvalue weighted by molar-refractivity contribution is 0.420. The van der Waals surface area contributed by atoms with E-state index in [-0.39, 0.29) is 5.54 Å². The molecule has 0 saturated heterocycles. The summed E-state index contributed by atoms with van der Waals surface area (Å²) in [5.41, 5.74) is 2.33. The van der Waals surface area contributed by atoms with E-state index in [9.17, 15) is 0 Å². The predicted octanol–water partition coefficient (Wildman–Crippen LogP) is 2.63. The van der Waals surface area contributed by atoms with Gasteiger partial charge in [-0.25, -0.2) is 9.97 Å². The van der Waals surface area contributed by atoms with Crippen LogP contribution in [0.5, 0.6) is 0 Å². The molecule has 2 rings (SSSR count). The smallest absolute Gasteiger partial charge is 0.129 e. The molecule has 1 aliphatic rings. The average Bonchev–Trinajstić information content (AvgIpc) is 2.97. The number of hydrogen-bond acceptors (Lipinski definition) is 3. The Balaban J connectivity index is 2.02. The molecular formula is C14H23N3. The zero-order chi connectivity index (χ0) is 12.5. The van der Waals surface area contributed by atoms with Crippen LogP contribution in [0.2, 0.25) is 0 Å². The molecule has 0 radical (unpaired) electrons. The third-order valence-corrected chi connectivity index (χ3v) is 2.92. The molecule has 1 saturated carbocycles. The van der Waals surface area contributed by atoms with Crippen LogP contribution in [0.15, 0.2) is 6.07 Å². The number of aromatic nitrogens is 2. The van der Waals surface area contributed by atoms with E-state index >= 15 is 0 Å². The molecule has 1 aromatic heterocycles. The minimum atomic E-state index is 0.134. The van der Waals surface area contributed by atoms with E-state index in [2.05, 4.69) is 49.0 Å². The van der Waals surface area contributed by atoms with Gasteiger partial charge in [0.25, 0.3) is 0 Å². The van der Waals surface area contributed by atoms with Crippen LogP contribution in [-0.2, 0) is 13.0 Å². The van der Waals surface area contributed by atoms with Crippen molar-refractivity contribution in [3.63, 3.8) is 0 Å². The third kappa shape index (κ3) is 4.43. The molecule has 3 heteroatoms. The molecule has 3 nitrogen and oxygen atoms in total. The molecule has 0 unspecified atom stereocenters. The summed E-state index contributed by atoms with van der Waals surface area (Å²) in [5.74, 6) is 1.87. The second kappa shape index (κ2) is 4.73. The van der Waals surface area contributed by atoms with E-state index in [0.717, 1.165) is 36.1 Å². The molecule has 1 N–H and O–H groups in total. The maximum Gasteiger partial charge on any atom is 0.129 e. The molecule has 0 spiro atoms. The Kier molecular flexibility index (Phi) is 3.48. The third-order valence-electron chi connectivity index (χ3n) is 2.92. The highest BCUT2D eigenvalue weighted by atomic mass is 15.0. The van der Waals surface area contributed by atoms with Gasteiger partial charge in [-0.15, -0.1) is 0 Å². The van der Waals surface area contributed by atoms with Crippen LogP contribution in [0, 0.1) is 12.8 Å². The lowest BCUT2D eigenvalue weighted by atomic mass is 10.1. The highest BCUT2D eigenvalue weighted by Gasteiger charge is 2.23. The Morgan fingerprint density at radius 3 is 2.59 bits per heavy atom. The first-order valence-corrected chi connectivity index (χ1v) is 6.51. The van der Waals surface area contributed by atoms with Gasteiger partial charge in [0.2, 0.25) is 0 Å². The van der Waals surface area contributed by atoms with Crippen LogP contribution >= 0.6 is 0 Å². The summed E-state index contributed by atoms with van der Waals surface area (Å²) in [6.07, 6.45) is 3.77. The molecule has 1 heterocycles. The largest absolute Gasteiger partial charge is 0.306 e. The average molecular weight is 233 g/mol. The van der Waals surface area contributed by atoms with Crippen LogP contribution in [0.3, 0.4) is 0 Å². The molecule has 0 atom stereocenters. The van der Waals surface area contributed by atoms with Gasteiger partial charge in [0.1, 0.15) is 5.82 Å². The van der Waals surface area contributed by atoms with Crippen LogP contribution < -0.4 is 5.32 Å². The second-order valence-corrected chi connectivity index (χ2v) is 6.17. The minimum absolute atomic E-state index is 0.134. The van der Waals surface area contributed by atoms with Gasteiger partial charge in [-0.3, -0.25) is 0 Å². The van der Waals surface area contributed by atoms with Gasteiger partial charge in [-0.05, 0) is 52.5 Å². The van der Waals surface area contributed by atoms with Crippen molar-refractivity contribution in [1.29, 1.82) is 0 Å². The highest BCUT2D eigenvalue weighted by Crippen LogP contribution is 2.31. The summed E-state index contributed by atoms with van der Waals surface area (Å²) in [6, 6.07) is 2.08.